The van der Waals surface area contributed by atoms with Crippen molar-refractivity contribution >= 4 is 51.2 Å². The number of halogens is 2. The molecule has 0 amide bonds. The first-order chi connectivity index (χ1) is 16.9. The van der Waals surface area contributed by atoms with E-state index in [9.17, 15) is 0 Å². The van der Waals surface area contributed by atoms with Gasteiger partial charge in [0.05, 0.1) is 33.5 Å². The third-order valence-electron chi connectivity index (χ3n) is 6.31. The number of ether oxygens (including phenoxy) is 1. The maximum absolute atomic E-state index is 6.11. The molecule has 0 saturated heterocycles. The number of nitrogens with two attached hydrogens (primary N) is 1. The van der Waals surface area contributed by atoms with Crippen LogP contribution in [0, 0.1) is 0 Å². The molecule has 1 aromatic carbocycles. The van der Waals surface area contributed by atoms with Crippen LogP contribution >= 0.6 is 23.2 Å². The average Bonchev–Trinajstić information content (AvgIpc) is 3.42. The van der Waals surface area contributed by atoms with Crippen molar-refractivity contribution in [1.29, 1.82) is 0 Å². The summed E-state index contributed by atoms with van der Waals surface area (Å²) in [6.45, 7) is 7.05. The second-order valence-corrected chi connectivity index (χ2v) is 9.84. The average molecular weight is 519 g/mol. The van der Waals surface area contributed by atoms with Gasteiger partial charge in [0.1, 0.15) is 17.7 Å². The number of imidazole rings is 2. The summed E-state index contributed by atoms with van der Waals surface area (Å²) in [6.07, 6.45) is 7.16. The number of hydrogen-bond acceptors (Lipinski definition) is 7. The van der Waals surface area contributed by atoms with Crippen LogP contribution in [0.1, 0.15) is 38.9 Å². The number of nitrogens with one attached hydrogen (secondary N) is 1. The van der Waals surface area contributed by atoms with Crippen LogP contribution in [0.15, 0.2) is 24.8 Å². The van der Waals surface area contributed by atoms with Gasteiger partial charge in [0.2, 0.25) is 0 Å². The van der Waals surface area contributed by atoms with Crippen molar-refractivity contribution < 1.29 is 4.74 Å². The number of nitrogens with zero attached hydrogens (tertiary/aromatic N) is 6. The van der Waals surface area contributed by atoms with Crippen LogP contribution in [0.4, 0.5) is 5.82 Å². The highest BCUT2D eigenvalue weighted by Gasteiger charge is 2.17. The summed E-state index contributed by atoms with van der Waals surface area (Å²) in [5.74, 6) is 1.36. The molecule has 1 unspecified atom stereocenters. The number of unbranched alkanes of at least 4 members (excludes halogenated alkanes) is 1. The molecule has 3 N–H and O–H groups in total. The second-order valence-electron chi connectivity index (χ2n) is 9.03. The SMILES string of the molecule is COC(CCn1cnc2c(N)ncnc21)CN(CCCCc1nc2cc(Cl)c(Cl)cc2[nH]1)C(C)C. The topological polar surface area (TPSA) is 111 Å². The van der Waals surface area contributed by atoms with Gasteiger partial charge in [0, 0.05) is 32.7 Å². The minimum atomic E-state index is 0.0962. The van der Waals surface area contributed by atoms with Gasteiger partial charge in [-0.05, 0) is 51.8 Å². The standard InChI is InChI=1S/C24H32Cl2N8O/c1-15(2)33(8-5-4-6-21-31-19-10-17(25)18(26)11-20(19)32-21)12-16(35-3)7-9-34-14-30-22-23(27)28-13-29-24(22)34/h10-11,13-16H,4-9,12H2,1-3H3,(H,31,32)(H2,27,28,29). The molecule has 0 aliphatic rings. The van der Waals surface area contributed by atoms with E-state index in [1.807, 2.05) is 10.6 Å². The van der Waals surface area contributed by atoms with Crippen LogP contribution in [-0.2, 0) is 17.7 Å². The molecule has 0 aliphatic carbocycles. The van der Waals surface area contributed by atoms with Gasteiger partial charge in [-0.15, -0.1) is 0 Å². The van der Waals surface area contributed by atoms with Crippen molar-refractivity contribution in [3.63, 3.8) is 0 Å². The molecule has 0 fully saturated rings. The number of aromatic nitrogens is 6. The molecule has 1 atom stereocenters. The summed E-state index contributed by atoms with van der Waals surface area (Å²) in [7, 11) is 1.77. The number of benzene rings is 1. The van der Waals surface area contributed by atoms with Crippen LogP contribution < -0.4 is 5.73 Å². The molecule has 11 heteroatoms. The molecule has 3 heterocycles. The fraction of sp³-hybridized carbons (Fsp3) is 0.500. The largest absolute Gasteiger partial charge is 0.382 e. The van der Waals surface area contributed by atoms with Crippen molar-refractivity contribution in [1.82, 2.24) is 34.4 Å². The molecule has 0 spiro atoms. The van der Waals surface area contributed by atoms with Crippen LogP contribution in [0.5, 0.6) is 0 Å². The molecule has 35 heavy (non-hydrogen) atoms. The number of fused-ring (bicyclic) bond motifs is 2. The highest BCUT2D eigenvalue weighted by Crippen LogP contribution is 2.27. The van der Waals surface area contributed by atoms with Crippen molar-refractivity contribution in [3.8, 4) is 0 Å². The molecule has 0 radical (unpaired) electrons. The van der Waals surface area contributed by atoms with Crippen molar-refractivity contribution in [3.05, 3.63) is 40.7 Å². The van der Waals surface area contributed by atoms with Crippen LogP contribution in [0.25, 0.3) is 22.2 Å². The minimum Gasteiger partial charge on any atom is -0.382 e. The Bertz CT molecular complexity index is 1230. The summed E-state index contributed by atoms with van der Waals surface area (Å²) < 4.78 is 7.83. The van der Waals surface area contributed by atoms with Gasteiger partial charge in [-0.2, -0.15) is 0 Å². The number of anilines is 1. The summed E-state index contributed by atoms with van der Waals surface area (Å²) in [4.78, 5) is 23.2. The third-order valence-corrected chi connectivity index (χ3v) is 7.03. The number of aryl methyl sites for hydroxylation is 2. The van der Waals surface area contributed by atoms with Gasteiger partial charge in [-0.25, -0.2) is 19.9 Å². The monoisotopic (exact) mass is 518 g/mol. The van der Waals surface area contributed by atoms with E-state index in [-0.39, 0.29) is 6.10 Å². The van der Waals surface area contributed by atoms with E-state index in [2.05, 4.69) is 43.7 Å². The molecule has 4 aromatic rings. The zero-order chi connectivity index (χ0) is 24.9. The predicted octanol–water partition coefficient (Wildman–Crippen LogP) is 4.73. The third kappa shape index (κ3) is 6.22. The molecule has 0 saturated carbocycles. The lowest BCUT2D eigenvalue weighted by molar-refractivity contribution is 0.0447. The van der Waals surface area contributed by atoms with E-state index in [4.69, 9.17) is 33.7 Å². The van der Waals surface area contributed by atoms with E-state index in [1.54, 1.807) is 19.5 Å². The van der Waals surface area contributed by atoms with Crippen LogP contribution in [-0.4, -0.2) is 66.7 Å². The molecule has 4 rings (SSSR count). The smallest absolute Gasteiger partial charge is 0.165 e. The van der Waals surface area contributed by atoms with Gasteiger partial charge < -0.3 is 20.0 Å². The second kappa shape index (κ2) is 11.5. The molecular weight excluding hydrogens is 487 g/mol. The summed E-state index contributed by atoms with van der Waals surface area (Å²) in [5, 5.41) is 1.06. The number of methoxy groups -OCH3 is 1. The van der Waals surface area contributed by atoms with Crippen molar-refractivity contribution in [2.45, 2.75) is 58.2 Å². The van der Waals surface area contributed by atoms with Gasteiger partial charge in [0.15, 0.2) is 11.5 Å². The zero-order valence-electron chi connectivity index (χ0n) is 20.3. The van der Waals surface area contributed by atoms with E-state index >= 15 is 0 Å². The Labute approximate surface area is 215 Å². The Morgan fingerprint density at radius 1 is 1.14 bits per heavy atom. The Kier molecular flexibility index (Phi) is 8.43. The van der Waals surface area contributed by atoms with Crippen LogP contribution in [0.3, 0.4) is 0 Å². The molecule has 3 aromatic heterocycles. The first kappa shape index (κ1) is 25.6. The highest BCUT2D eigenvalue weighted by molar-refractivity contribution is 6.42. The van der Waals surface area contributed by atoms with Gasteiger partial charge >= 0.3 is 0 Å². The van der Waals surface area contributed by atoms with E-state index < -0.39 is 0 Å². The van der Waals surface area contributed by atoms with Crippen LogP contribution in [0.2, 0.25) is 10.0 Å². The van der Waals surface area contributed by atoms with Gasteiger partial charge in [-0.1, -0.05) is 23.2 Å². The molecule has 0 bridgehead atoms. The number of hydrogen-bond donors (Lipinski definition) is 2. The number of aromatic amines is 1. The van der Waals surface area contributed by atoms with Gasteiger partial charge in [0.25, 0.3) is 0 Å². The zero-order valence-corrected chi connectivity index (χ0v) is 21.9. The van der Waals surface area contributed by atoms with E-state index in [1.165, 1.54) is 6.33 Å². The quantitative estimate of drug-likeness (QED) is 0.260. The summed E-state index contributed by atoms with van der Waals surface area (Å²) in [5.41, 5.74) is 9.06. The maximum Gasteiger partial charge on any atom is 0.165 e. The van der Waals surface area contributed by atoms with Crippen molar-refractivity contribution in [2.75, 3.05) is 25.9 Å². The Morgan fingerprint density at radius 3 is 2.71 bits per heavy atom. The van der Waals surface area contributed by atoms with E-state index in [0.29, 0.717) is 27.4 Å². The summed E-state index contributed by atoms with van der Waals surface area (Å²) in [6, 6.07) is 4.05. The Hall–Kier alpha value is -2.46. The number of nitrogen functional groups attached to an aromatic ring is 1. The van der Waals surface area contributed by atoms with Crippen molar-refractivity contribution in [2.24, 2.45) is 0 Å². The fourth-order valence-electron chi connectivity index (χ4n) is 4.23. The lowest BCUT2D eigenvalue weighted by Gasteiger charge is -2.30. The highest BCUT2D eigenvalue weighted by atomic mass is 35.5. The number of H-pyrrole nitrogens is 1. The lowest BCUT2D eigenvalue weighted by Crippen LogP contribution is -2.39. The maximum atomic E-state index is 6.11. The molecular formula is C24H32Cl2N8O. The first-order valence-corrected chi connectivity index (χ1v) is 12.6. The Balaban J connectivity index is 1.27. The molecule has 188 valence electrons. The first-order valence-electron chi connectivity index (χ1n) is 11.9. The lowest BCUT2D eigenvalue weighted by atomic mass is 10.1. The normalized spacial score (nSPS) is 13.0. The number of rotatable bonds is 12. The molecule has 9 nitrogen and oxygen atoms in total. The fourth-order valence-corrected chi connectivity index (χ4v) is 4.56. The van der Waals surface area contributed by atoms with E-state index in [0.717, 1.165) is 67.8 Å². The summed E-state index contributed by atoms with van der Waals surface area (Å²) >= 11 is 12.2. The molecule has 0 aliphatic heterocycles. The minimum absolute atomic E-state index is 0.0962. The van der Waals surface area contributed by atoms with Gasteiger partial charge in [-0.3, -0.25) is 4.90 Å². The Morgan fingerprint density at radius 2 is 1.94 bits per heavy atom. The predicted molar refractivity (Wildman–Crippen MR) is 141 cm³/mol.